The van der Waals surface area contributed by atoms with Crippen LogP contribution in [0, 0.1) is 0 Å². The standard InChI is InChI=1S/C14H17NO4/c1-10(2)19-14(18)15-9-12-5-3-4-11(8-12)6-7-13(16)17/h3-8,10H,9H2,1-2H3,(H,15,18)(H,16,17). The first kappa shape index (κ1) is 14.8. The van der Waals surface area contributed by atoms with Gasteiger partial charge in [-0.05, 0) is 37.1 Å². The van der Waals surface area contributed by atoms with Crippen molar-refractivity contribution in [3.05, 3.63) is 41.5 Å². The van der Waals surface area contributed by atoms with Crippen LogP contribution in [-0.4, -0.2) is 23.3 Å². The van der Waals surface area contributed by atoms with Gasteiger partial charge in [0.15, 0.2) is 0 Å². The summed E-state index contributed by atoms with van der Waals surface area (Å²) in [4.78, 5) is 21.7. The molecule has 0 fully saturated rings. The molecule has 2 N–H and O–H groups in total. The Labute approximate surface area is 111 Å². The maximum absolute atomic E-state index is 11.3. The maximum Gasteiger partial charge on any atom is 0.407 e. The predicted molar refractivity (Wildman–Crippen MR) is 71.6 cm³/mol. The smallest absolute Gasteiger partial charge is 0.407 e. The summed E-state index contributed by atoms with van der Waals surface area (Å²) >= 11 is 0. The molecule has 0 radical (unpaired) electrons. The van der Waals surface area contributed by atoms with Crippen LogP contribution in [0.1, 0.15) is 25.0 Å². The molecule has 0 aromatic heterocycles. The first-order valence-electron chi connectivity index (χ1n) is 5.92. The largest absolute Gasteiger partial charge is 0.478 e. The Bertz CT molecular complexity index is 480. The molecule has 0 aliphatic rings. The molecule has 5 nitrogen and oxygen atoms in total. The number of carboxylic acids is 1. The van der Waals surface area contributed by atoms with Gasteiger partial charge in [-0.25, -0.2) is 9.59 Å². The Balaban J connectivity index is 2.57. The van der Waals surface area contributed by atoms with E-state index in [-0.39, 0.29) is 6.10 Å². The Kier molecular flexibility index (Phi) is 5.60. The Morgan fingerprint density at radius 2 is 2.16 bits per heavy atom. The Hall–Kier alpha value is -2.30. The van der Waals surface area contributed by atoms with Crippen LogP contribution < -0.4 is 5.32 Å². The number of nitrogens with one attached hydrogen (secondary N) is 1. The van der Waals surface area contributed by atoms with Crippen molar-refractivity contribution in [2.45, 2.75) is 26.5 Å². The summed E-state index contributed by atoms with van der Waals surface area (Å²) in [5.74, 6) is -0.996. The minimum absolute atomic E-state index is 0.162. The van der Waals surface area contributed by atoms with E-state index < -0.39 is 12.1 Å². The van der Waals surface area contributed by atoms with Gasteiger partial charge in [-0.15, -0.1) is 0 Å². The number of hydrogen-bond acceptors (Lipinski definition) is 3. The van der Waals surface area contributed by atoms with Gasteiger partial charge in [-0.2, -0.15) is 0 Å². The molecule has 19 heavy (non-hydrogen) atoms. The molecule has 0 atom stereocenters. The van der Waals surface area contributed by atoms with Crippen LogP contribution in [0.4, 0.5) is 4.79 Å². The molecule has 0 bridgehead atoms. The molecule has 1 amide bonds. The molecule has 0 spiro atoms. The molecule has 0 aliphatic heterocycles. The number of benzene rings is 1. The van der Waals surface area contributed by atoms with Gasteiger partial charge in [0, 0.05) is 12.6 Å². The fourth-order valence-corrected chi connectivity index (χ4v) is 1.40. The second kappa shape index (κ2) is 7.20. The van der Waals surface area contributed by atoms with Crippen molar-refractivity contribution in [2.75, 3.05) is 0 Å². The first-order valence-corrected chi connectivity index (χ1v) is 5.92. The number of alkyl carbamates (subject to hydrolysis) is 1. The van der Waals surface area contributed by atoms with E-state index in [4.69, 9.17) is 9.84 Å². The monoisotopic (exact) mass is 263 g/mol. The molecule has 1 aromatic carbocycles. The number of carboxylic acid groups (broad SMARTS) is 1. The van der Waals surface area contributed by atoms with Crippen LogP contribution in [-0.2, 0) is 16.1 Å². The van der Waals surface area contributed by atoms with E-state index in [1.54, 1.807) is 32.0 Å². The second-order valence-electron chi connectivity index (χ2n) is 4.22. The van der Waals surface area contributed by atoms with Crippen molar-refractivity contribution in [3.63, 3.8) is 0 Å². The zero-order valence-corrected chi connectivity index (χ0v) is 10.9. The minimum Gasteiger partial charge on any atom is -0.478 e. The maximum atomic E-state index is 11.3. The average Bonchev–Trinajstić information content (AvgIpc) is 2.34. The lowest BCUT2D eigenvalue weighted by molar-refractivity contribution is -0.131. The lowest BCUT2D eigenvalue weighted by Gasteiger charge is -2.09. The fraction of sp³-hybridized carbons (Fsp3) is 0.286. The van der Waals surface area contributed by atoms with Crippen LogP contribution in [0.5, 0.6) is 0 Å². The van der Waals surface area contributed by atoms with Crippen LogP contribution >= 0.6 is 0 Å². The van der Waals surface area contributed by atoms with Crippen molar-refractivity contribution in [2.24, 2.45) is 0 Å². The predicted octanol–water partition coefficient (Wildman–Crippen LogP) is 2.42. The van der Waals surface area contributed by atoms with Crippen molar-refractivity contribution >= 4 is 18.1 Å². The minimum atomic E-state index is -0.996. The molecule has 0 heterocycles. The molecule has 102 valence electrons. The molecule has 0 unspecified atom stereocenters. The van der Waals surface area contributed by atoms with Crippen LogP contribution in [0.2, 0.25) is 0 Å². The van der Waals surface area contributed by atoms with E-state index in [1.165, 1.54) is 6.08 Å². The highest BCUT2D eigenvalue weighted by atomic mass is 16.6. The molecule has 1 rings (SSSR count). The van der Waals surface area contributed by atoms with E-state index in [0.717, 1.165) is 17.2 Å². The van der Waals surface area contributed by atoms with E-state index in [1.807, 2.05) is 6.07 Å². The van der Waals surface area contributed by atoms with Gasteiger partial charge in [0.05, 0.1) is 6.10 Å². The molecule has 1 aromatic rings. The van der Waals surface area contributed by atoms with Gasteiger partial charge >= 0.3 is 12.1 Å². The van der Waals surface area contributed by atoms with Gasteiger partial charge in [0.2, 0.25) is 0 Å². The van der Waals surface area contributed by atoms with Crippen LogP contribution in [0.3, 0.4) is 0 Å². The van der Waals surface area contributed by atoms with Crippen molar-refractivity contribution < 1.29 is 19.4 Å². The summed E-state index contributed by atoms with van der Waals surface area (Å²) in [5, 5.41) is 11.2. The Morgan fingerprint density at radius 3 is 2.79 bits per heavy atom. The van der Waals surface area contributed by atoms with Crippen LogP contribution in [0.15, 0.2) is 30.3 Å². The third kappa shape index (κ3) is 6.26. The van der Waals surface area contributed by atoms with Gasteiger partial charge in [-0.1, -0.05) is 18.2 Å². The third-order valence-corrected chi connectivity index (χ3v) is 2.15. The fourth-order valence-electron chi connectivity index (χ4n) is 1.40. The molecular formula is C14H17NO4. The zero-order valence-electron chi connectivity index (χ0n) is 10.9. The number of carbonyl (C=O) groups excluding carboxylic acids is 1. The van der Waals surface area contributed by atoms with Gasteiger partial charge in [0.25, 0.3) is 0 Å². The normalized spacial score (nSPS) is 10.7. The third-order valence-electron chi connectivity index (χ3n) is 2.15. The summed E-state index contributed by atoms with van der Waals surface area (Å²) < 4.78 is 4.94. The van der Waals surface area contributed by atoms with Gasteiger partial charge in [0.1, 0.15) is 0 Å². The SMILES string of the molecule is CC(C)OC(=O)NCc1cccc(C=CC(=O)O)c1. The number of carbonyl (C=O) groups is 2. The van der Waals surface area contributed by atoms with Crippen molar-refractivity contribution in [1.82, 2.24) is 5.32 Å². The zero-order chi connectivity index (χ0) is 14.3. The molecule has 5 heteroatoms. The molecule has 0 saturated heterocycles. The Morgan fingerprint density at radius 1 is 1.42 bits per heavy atom. The summed E-state index contributed by atoms with van der Waals surface area (Å²) in [5.41, 5.74) is 1.63. The number of amides is 1. The van der Waals surface area contributed by atoms with Gasteiger partial charge in [-0.3, -0.25) is 0 Å². The summed E-state index contributed by atoms with van der Waals surface area (Å²) in [6.07, 6.45) is 1.93. The number of hydrogen-bond donors (Lipinski definition) is 2. The number of ether oxygens (including phenoxy) is 1. The lowest BCUT2D eigenvalue weighted by atomic mass is 10.1. The molecule has 0 saturated carbocycles. The van der Waals surface area contributed by atoms with Crippen LogP contribution in [0.25, 0.3) is 6.08 Å². The summed E-state index contributed by atoms with van der Waals surface area (Å²) in [6.45, 7) is 3.88. The highest BCUT2D eigenvalue weighted by Gasteiger charge is 2.04. The van der Waals surface area contributed by atoms with E-state index in [2.05, 4.69) is 5.32 Å². The van der Waals surface area contributed by atoms with E-state index >= 15 is 0 Å². The second-order valence-corrected chi connectivity index (χ2v) is 4.22. The van der Waals surface area contributed by atoms with Gasteiger partial charge < -0.3 is 15.2 Å². The first-order chi connectivity index (χ1) is 8.97. The summed E-state index contributed by atoms with van der Waals surface area (Å²) in [7, 11) is 0. The highest BCUT2D eigenvalue weighted by Crippen LogP contribution is 2.07. The molecule has 0 aliphatic carbocycles. The molecular weight excluding hydrogens is 246 g/mol. The lowest BCUT2D eigenvalue weighted by Crippen LogP contribution is -2.26. The average molecular weight is 263 g/mol. The topological polar surface area (TPSA) is 75.6 Å². The van der Waals surface area contributed by atoms with Crippen molar-refractivity contribution in [1.29, 1.82) is 0 Å². The number of aliphatic carboxylic acids is 1. The highest BCUT2D eigenvalue weighted by molar-refractivity contribution is 5.85. The van der Waals surface area contributed by atoms with E-state index in [9.17, 15) is 9.59 Å². The van der Waals surface area contributed by atoms with Crippen molar-refractivity contribution in [3.8, 4) is 0 Å². The quantitative estimate of drug-likeness (QED) is 0.800. The van der Waals surface area contributed by atoms with E-state index in [0.29, 0.717) is 6.54 Å². The summed E-state index contributed by atoms with van der Waals surface area (Å²) in [6, 6.07) is 7.23. The number of rotatable bonds is 5.